The maximum absolute atomic E-state index is 11.2. The third-order valence-electron chi connectivity index (χ3n) is 1.54. The zero-order valence-electron chi connectivity index (χ0n) is 8.78. The van der Waals surface area contributed by atoms with Crippen LogP contribution in [0.2, 0.25) is 5.15 Å². The van der Waals surface area contributed by atoms with Gasteiger partial charge in [-0.25, -0.2) is 4.98 Å². The van der Waals surface area contributed by atoms with Gasteiger partial charge in [0.2, 0.25) is 17.7 Å². The second-order valence-corrected chi connectivity index (χ2v) is 3.37. The quantitative estimate of drug-likeness (QED) is 0.632. The molecular formula is C9H10ClN3O3. The molecule has 1 heterocycles. The zero-order chi connectivity index (χ0) is 12.1. The molecule has 1 N–H and O–H groups in total. The first-order valence-electron chi connectivity index (χ1n) is 4.39. The van der Waals surface area contributed by atoms with Gasteiger partial charge in [-0.05, 0) is 6.92 Å². The van der Waals surface area contributed by atoms with Gasteiger partial charge in [-0.2, -0.15) is 4.98 Å². The van der Waals surface area contributed by atoms with Crippen LogP contribution in [-0.2, 0) is 9.59 Å². The molecule has 1 rings (SSSR count). The molecule has 0 atom stereocenters. The number of nitrogens with zero attached hydrogens (tertiary/aromatic N) is 2. The second kappa shape index (κ2) is 5.41. The van der Waals surface area contributed by atoms with Crippen molar-refractivity contribution in [2.24, 2.45) is 0 Å². The number of ether oxygens (including phenoxy) is 1. The van der Waals surface area contributed by atoms with Crippen LogP contribution in [0.3, 0.4) is 0 Å². The molecule has 1 amide bonds. The predicted octanol–water partition coefficient (Wildman–Crippen LogP) is 1.06. The molecule has 0 radical (unpaired) electrons. The smallest absolute Gasteiger partial charge is 0.234 e. The summed E-state index contributed by atoms with van der Waals surface area (Å²) in [4.78, 5) is 29.5. The van der Waals surface area contributed by atoms with Gasteiger partial charge in [0.15, 0.2) is 0 Å². The monoisotopic (exact) mass is 243 g/mol. The summed E-state index contributed by atoms with van der Waals surface area (Å²) in [5, 5.41) is 2.49. The molecule has 0 aliphatic carbocycles. The van der Waals surface area contributed by atoms with Crippen molar-refractivity contribution < 1.29 is 14.3 Å². The Morgan fingerprint density at radius 2 is 2.19 bits per heavy atom. The molecule has 0 aliphatic heterocycles. The van der Waals surface area contributed by atoms with E-state index < -0.39 is 5.91 Å². The molecule has 0 spiro atoms. The van der Waals surface area contributed by atoms with E-state index in [1.165, 1.54) is 20.1 Å². The summed E-state index contributed by atoms with van der Waals surface area (Å²) in [6.07, 6.45) is -0.224. The van der Waals surface area contributed by atoms with E-state index >= 15 is 0 Å². The van der Waals surface area contributed by atoms with E-state index in [2.05, 4.69) is 15.3 Å². The number of amides is 1. The molecule has 0 bridgehead atoms. The summed E-state index contributed by atoms with van der Waals surface area (Å²) in [5.41, 5.74) is 0. The summed E-state index contributed by atoms with van der Waals surface area (Å²) in [5.74, 6) is -0.489. The topological polar surface area (TPSA) is 81.2 Å². The van der Waals surface area contributed by atoms with E-state index in [0.29, 0.717) is 0 Å². The van der Waals surface area contributed by atoms with E-state index in [4.69, 9.17) is 16.3 Å². The lowest BCUT2D eigenvalue weighted by Gasteiger charge is -2.04. The van der Waals surface area contributed by atoms with Crippen LogP contribution in [0, 0.1) is 0 Å². The largest absolute Gasteiger partial charge is 0.481 e. The third-order valence-corrected chi connectivity index (χ3v) is 1.73. The minimum absolute atomic E-state index is 0.00981. The number of aromatic nitrogens is 2. The molecule has 86 valence electrons. The number of rotatable bonds is 4. The van der Waals surface area contributed by atoms with E-state index in [9.17, 15) is 9.59 Å². The molecule has 1 aromatic heterocycles. The maximum atomic E-state index is 11.2. The fraction of sp³-hybridized carbons (Fsp3) is 0.333. The SMILES string of the molecule is COc1cc(Cl)nc(NC(=O)CC(C)=O)n1. The molecule has 7 heteroatoms. The third kappa shape index (κ3) is 3.82. The Balaban J connectivity index is 2.76. The zero-order valence-corrected chi connectivity index (χ0v) is 9.54. The molecule has 0 fully saturated rings. The van der Waals surface area contributed by atoms with Crippen molar-refractivity contribution in [3.8, 4) is 5.88 Å². The van der Waals surface area contributed by atoms with Gasteiger partial charge in [0.1, 0.15) is 10.9 Å². The molecule has 0 saturated carbocycles. The Labute approximate surface area is 97.0 Å². The minimum Gasteiger partial charge on any atom is -0.481 e. The second-order valence-electron chi connectivity index (χ2n) is 2.98. The van der Waals surface area contributed by atoms with Crippen LogP contribution in [0.4, 0.5) is 5.95 Å². The van der Waals surface area contributed by atoms with Crippen LogP contribution in [0.15, 0.2) is 6.07 Å². The average Bonchev–Trinajstić information content (AvgIpc) is 2.14. The number of hydrogen-bond donors (Lipinski definition) is 1. The van der Waals surface area contributed by atoms with Gasteiger partial charge >= 0.3 is 0 Å². The Hall–Kier alpha value is -1.69. The molecule has 16 heavy (non-hydrogen) atoms. The number of carbonyl (C=O) groups excluding carboxylic acids is 2. The first-order valence-corrected chi connectivity index (χ1v) is 4.77. The highest BCUT2D eigenvalue weighted by Crippen LogP contribution is 2.15. The molecule has 0 unspecified atom stereocenters. The summed E-state index contributed by atoms with van der Waals surface area (Å²) >= 11 is 5.67. The van der Waals surface area contributed by atoms with Gasteiger partial charge in [0.25, 0.3) is 0 Å². The standard InChI is InChI=1S/C9H10ClN3O3/c1-5(14)3-7(15)12-9-11-6(10)4-8(13-9)16-2/h4H,3H2,1-2H3,(H,11,12,13,15). The van der Waals surface area contributed by atoms with E-state index in [0.717, 1.165) is 0 Å². The summed E-state index contributed by atoms with van der Waals surface area (Å²) in [6, 6.07) is 1.40. The van der Waals surface area contributed by atoms with Crippen LogP contribution in [0.5, 0.6) is 5.88 Å². The van der Waals surface area contributed by atoms with E-state index in [1.54, 1.807) is 0 Å². The van der Waals surface area contributed by atoms with Crippen molar-refractivity contribution >= 4 is 29.2 Å². The first-order chi connectivity index (χ1) is 7.51. The van der Waals surface area contributed by atoms with Gasteiger partial charge in [0.05, 0.1) is 13.5 Å². The van der Waals surface area contributed by atoms with Gasteiger partial charge < -0.3 is 4.74 Å². The Morgan fingerprint density at radius 1 is 1.50 bits per heavy atom. The van der Waals surface area contributed by atoms with Crippen molar-refractivity contribution in [2.75, 3.05) is 12.4 Å². The van der Waals surface area contributed by atoms with E-state index in [-0.39, 0.29) is 29.2 Å². The number of halogens is 1. The molecular weight excluding hydrogens is 234 g/mol. The lowest BCUT2D eigenvalue weighted by atomic mass is 10.3. The fourth-order valence-electron chi connectivity index (χ4n) is 0.952. The number of methoxy groups -OCH3 is 1. The van der Waals surface area contributed by atoms with Crippen molar-refractivity contribution in [3.05, 3.63) is 11.2 Å². The normalized spacial score (nSPS) is 9.69. The van der Waals surface area contributed by atoms with Crippen molar-refractivity contribution in [2.45, 2.75) is 13.3 Å². The highest BCUT2D eigenvalue weighted by Gasteiger charge is 2.09. The highest BCUT2D eigenvalue weighted by atomic mass is 35.5. The molecule has 0 aliphatic rings. The Morgan fingerprint density at radius 3 is 2.75 bits per heavy atom. The van der Waals surface area contributed by atoms with Gasteiger partial charge in [-0.1, -0.05) is 11.6 Å². The fourth-order valence-corrected chi connectivity index (χ4v) is 1.13. The van der Waals surface area contributed by atoms with Gasteiger partial charge in [-0.15, -0.1) is 0 Å². The summed E-state index contributed by atoms with van der Waals surface area (Å²) in [6.45, 7) is 1.32. The van der Waals surface area contributed by atoms with Crippen molar-refractivity contribution in [1.29, 1.82) is 0 Å². The number of Topliss-reactive ketones (excluding diaryl/α,β-unsaturated/α-hetero) is 1. The van der Waals surface area contributed by atoms with Crippen LogP contribution >= 0.6 is 11.6 Å². The maximum Gasteiger partial charge on any atom is 0.234 e. The highest BCUT2D eigenvalue weighted by molar-refractivity contribution is 6.29. The number of anilines is 1. The van der Waals surface area contributed by atoms with E-state index in [1.807, 2.05) is 0 Å². The van der Waals surface area contributed by atoms with Crippen molar-refractivity contribution in [1.82, 2.24) is 9.97 Å². The minimum atomic E-state index is -0.489. The average molecular weight is 244 g/mol. The Bertz CT molecular complexity index is 422. The van der Waals surface area contributed by atoms with Crippen LogP contribution in [0.1, 0.15) is 13.3 Å². The summed E-state index contributed by atoms with van der Waals surface area (Å²) < 4.78 is 4.84. The summed E-state index contributed by atoms with van der Waals surface area (Å²) in [7, 11) is 1.42. The van der Waals surface area contributed by atoms with Crippen molar-refractivity contribution in [3.63, 3.8) is 0 Å². The molecule has 0 aromatic carbocycles. The number of ketones is 1. The predicted molar refractivity (Wildman–Crippen MR) is 57.5 cm³/mol. The number of carbonyl (C=O) groups is 2. The van der Waals surface area contributed by atoms with Gasteiger partial charge in [0, 0.05) is 6.07 Å². The van der Waals surface area contributed by atoms with Crippen LogP contribution in [-0.4, -0.2) is 28.8 Å². The lowest BCUT2D eigenvalue weighted by Crippen LogP contribution is -2.16. The van der Waals surface area contributed by atoms with Gasteiger partial charge in [-0.3, -0.25) is 14.9 Å². The molecule has 0 saturated heterocycles. The first kappa shape index (κ1) is 12.4. The molecule has 1 aromatic rings. The number of nitrogens with one attached hydrogen (secondary N) is 1. The lowest BCUT2D eigenvalue weighted by molar-refractivity contribution is -0.124. The van der Waals surface area contributed by atoms with Crippen LogP contribution < -0.4 is 10.1 Å². The molecule has 6 nitrogen and oxygen atoms in total. The number of hydrogen-bond acceptors (Lipinski definition) is 5. The van der Waals surface area contributed by atoms with Crippen LogP contribution in [0.25, 0.3) is 0 Å². The Kier molecular flexibility index (Phi) is 4.19.